The van der Waals surface area contributed by atoms with Crippen molar-refractivity contribution in [2.45, 2.75) is 25.7 Å². The molecule has 0 radical (unpaired) electrons. The van der Waals surface area contributed by atoms with Crippen molar-refractivity contribution in [3.05, 3.63) is 58.3 Å². The summed E-state index contributed by atoms with van der Waals surface area (Å²) in [5, 5.41) is 5.27. The van der Waals surface area contributed by atoms with Crippen LogP contribution < -0.4 is 11.1 Å². The molecule has 0 fully saturated rings. The topological polar surface area (TPSA) is 50.4 Å². The highest BCUT2D eigenvalue weighted by Gasteiger charge is 2.19. The molecule has 2 aromatic rings. The van der Waals surface area contributed by atoms with Gasteiger partial charge in [-0.2, -0.15) is 0 Å². The third-order valence-corrected chi connectivity index (χ3v) is 4.39. The van der Waals surface area contributed by atoms with Crippen LogP contribution in [-0.2, 0) is 11.8 Å². The highest BCUT2D eigenvalue weighted by molar-refractivity contribution is 14.0. The Balaban J connectivity index is 0.00000242. The van der Waals surface area contributed by atoms with Crippen LogP contribution in [-0.4, -0.2) is 19.0 Å². The van der Waals surface area contributed by atoms with Crippen LogP contribution in [0.2, 0.25) is 0 Å². The van der Waals surface area contributed by atoms with Gasteiger partial charge in [-0.1, -0.05) is 50.2 Å². The third-order valence-electron chi connectivity index (χ3n) is 3.46. The molecule has 0 saturated carbocycles. The average Bonchev–Trinajstić information content (AvgIpc) is 2.99. The Morgan fingerprint density at radius 1 is 1.18 bits per heavy atom. The molecule has 0 spiro atoms. The average molecular weight is 429 g/mol. The van der Waals surface area contributed by atoms with Crippen LogP contribution in [0.3, 0.4) is 0 Å². The summed E-state index contributed by atoms with van der Waals surface area (Å²) in [5.74, 6) is 0.524. The molecule has 0 bridgehead atoms. The maximum Gasteiger partial charge on any atom is 0.188 e. The van der Waals surface area contributed by atoms with Gasteiger partial charge in [-0.25, -0.2) is 0 Å². The van der Waals surface area contributed by atoms with E-state index >= 15 is 0 Å². The molecule has 1 aromatic carbocycles. The van der Waals surface area contributed by atoms with Crippen LogP contribution in [0.1, 0.15) is 24.3 Å². The van der Waals surface area contributed by atoms with E-state index in [2.05, 4.69) is 65.9 Å². The minimum absolute atomic E-state index is 0. The predicted octanol–water partition coefficient (Wildman–Crippen LogP) is 3.79. The van der Waals surface area contributed by atoms with Crippen LogP contribution in [0.5, 0.6) is 0 Å². The maximum atomic E-state index is 5.94. The Bertz CT molecular complexity index is 565. The Morgan fingerprint density at radius 2 is 1.91 bits per heavy atom. The van der Waals surface area contributed by atoms with Crippen LogP contribution in [0.25, 0.3) is 0 Å². The van der Waals surface area contributed by atoms with Crippen molar-refractivity contribution in [3.63, 3.8) is 0 Å². The van der Waals surface area contributed by atoms with E-state index in [4.69, 9.17) is 5.73 Å². The zero-order chi connectivity index (χ0) is 15.1. The number of halogens is 1. The van der Waals surface area contributed by atoms with Gasteiger partial charge in [0.1, 0.15) is 0 Å². The lowest BCUT2D eigenvalue weighted by molar-refractivity contribution is 0.539. The molecule has 0 aliphatic carbocycles. The molecule has 0 amide bonds. The summed E-state index contributed by atoms with van der Waals surface area (Å²) in [5.41, 5.74) is 7.21. The zero-order valence-electron chi connectivity index (χ0n) is 13.1. The Kier molecular flexibility index (Phi) is 7.89. The minimum atomic E-state index is -0.0126. The first-order valence-corrected chi connectivity index (χ1v) is 8.07. The fourth-order valence-electron chi connectivity index (χ4n) is 2.09. The number of nitrogens with zero attached hydrogens (tertiary/aromatic N) is 1. The lowest BCUT2D eigenvalue weighted by Crippen LogP contribution is -2.34. The number of hydrogen-bond acceptors (Lipinski definition) is 2. The van der Waals surface area contributed by atoms with Gasteiger partial charge < -0.3 is 11.1 Å². The molecule has 5 heteroatoms. The van der Waals surface area contributed by atoms with Gasteiger partial charge in [0.25, 0.3) is 0 Å². The number of aliphatic imine (C=N–C) groups is 1. The van der Waals surface area contributed by atoms with Gasteiger partial charge in [-0.15, -0.1) is 35.3 Å². The number of nitrogens with one attached hydrogen (secondary N) is 1. The number of thiophene rings is 1. The van der Waals surface area contributed by atoms with E-state index in [-0.39, 0.29) is 29.4 Å². The van der Waals surface area contributed by atoms with Crippen LogP contribution in [0.15, 0.2) is 52.8 Å². The van der Waals surface area contributed by atoms with E-state index in [9.17, 15) is 0 Å². The summed E-state index contributed by atoms with van der Waals surface area (Å²) in [4.78, 5) is 5.84. The first-order chi connectivity index (χ1) is 10.1. The molecule has 1 heterocycles. The monoisotopic (exact) mass is 429 g/mol. The molecule has 3 nitrogen and oxygen atoms in total. The predicted molar refractivity (Wildman–Crippen MR) is 107 cm³/mol. The quantitative estimate of drug-likeness (QED) is 0.417. The lowest BCUT2D eigenvalue weighted by atomic mass is 9.85. The minimum Gasteiger partial charge on any atom is -0.370 e. The third kappa shape index (κ3) is 5.96. The summed E-state index contributed by atoms with van der Waals surface area (Å²) in [6.07, 6.45) is 0.982. The fraction of sp³-hybridized carbons (Fsp3) is 0.353. The molecule has 0 aliphatic rings. The van der Waals surface area contributed by atoms with Crippen molar-refractivity contribution >= 4 is 41.3 Å². The number of benzene rings is 1. The van der Waals surface area contributed by atoms with E-state index in [0.717, 1.165) is 13.0 Å². The zero-order valence-corrected chi connectivity index (χ0v) is 16.2. The second kappa shape index (κ2) is 9.15. The first kappa shape index (κ1) is 19.0. The molecule has 120 valence electrons. The molecule has 22 heavy (non-hydrogen) atoms. The van der Waals surface area contributed by atoms with Crippen LogP contribution in [0.4, 0.5) is 0 Å². The van der Waals surface area contributed by atoms with Crippen molar-refractivity contribution in [2.24, 2.45) is 10.7 Å². The second-order valence-corrected chi connectivity index (χ2v) is 6.74. The molecule has 0 saturated heterocycles. The summed E-state index contributed by atoms with van der Waals surface area (Å²) in [6.45, 7) is 5.87. The van der Waals surface area contributed by atoms with Crippen LogP contribution >= 0.6 is 35.3 Å². The summed E-state index contributed by atoms with van der Waals surface area (Å²) < 4.78 is 0. The molecular weight excluding hydrogens is 405 g/mol. The summed E-state index contributed by atoms with van der Waals surface area (Å²) >= 11 is 1.77. The second-order valence-electron chi connectivity index (χ2n) is 5.71. The van der Waals surface area contributed by atoms with Gasteiger partial charge >= 0.3 is 0 Å². The van der Waals surface area contributed by atoms with Gasteiger partial charge in [0.05, 0.1) is 6.54 Å². The molecule has 3 N–H and O–H groups in total. The Morgan fingerprint density at radius 3 is 2.55 bits per heavy atom. The van der Waals surface area contributed by atoms with Crippen molar-refractivity contribution in [2.75, 3.05) is 13.1 Å². The highest BCUT2D eigenvalue weighted by Crippen LogP contribution is 2.22. The van der Waals surface area contributed by atoms with Gasteiger partial charge in [-0.3, -0.25) is 4.99 Å². The smallest absolute Gasteiger partial charge is 0.188 e. The normalized spacial score (nSPS) is 11.8. The number of guanidine groups is 1. The van der Waals surface area contributed by atoms with Crippen molar-refractivity contribution < 1.29 is 0 Å². The Hall–Kier alpha value is -1.08. The molecular formula is C17H24IN3S. The molecule has 0 aliphatic heterocycles. The highest BCUT2D eigenvalue weighted by atomic mass is 127. The molecule has 0 atom stereocenters. The maximum absolute atomic E-state index is 5.94. The Labute approximate surface area is 154 Å². The lowest BCUT2D eigenvalue weighted by Gasteiger charge is -2.23. The van der Waals surface area contributed by atoms with Crippen molar-refractivity contribution in [1.29, 1.82) is 0 Å². The number of hydrogen-bond donors (Lipinski definition) is 2. The largest absolute Gasteiger partial charge is 0.370 e. The van der Waals surface area contributed by atoms with Crippen molar-refractivity contribution in [1.82, 2.24) is 5.32 Å². The standard InChI is InChI=1S/C17H23N3S.HI/c1-17(2,14-7-4-3-5-8-14)13-20-16(18)19-11-10-15-9-6-12-21-15;/h3-9,12H,10-11,13H2,1-2H3,(H3,18,19,20);1H. The van der Waals surface area contributed by atoms with Crippen LogP contribution in [0, 0.1) is 0 Å². The molecule has 0 unspecified atom stereocenters. The summed E-state index contributed by atoms with van der Waals surface area (Å²) in [7, 11) is 0. The number of rotatable bonds is 6. The fourth-order valence-corrected chi connectivity index (χ4v) is 2.80. The van der Waals surface area contributed by atoms with E-state index in [1.807, 2.05) is 6.07 Å². The van der Waals surface area contributed by atoms with Gasteiger partial charge in [0, 0.05) is 16.8 Å². The van der Waals surface area contributed by atoms with Crippen molar-refractivity contribution in [3.8, 4) is 0 Å². The number of nitrogens with two attached hydrogens (primary N) is 1. The van der Waals surface area contributed by atoms with Gasteiger partial charge in [0.15, 0.2) is 5.96 Å². The van der Waals surface area contributed by atoms with E-state index in [0.29, 0.717) is 12.5 Å². The van der Waals surface area contributed by atoms with Gasteiger partial charge in [-0.05, 0) is 23.4 Å². The van der Waals surface area contributed by atoms with E-state index in [1.54, 1.807) is 11.3 Å². The summed E-state index contributed by atoms with van der Waals surface area (Å²) in [6, 6.07) is 14.6. The van der Waals surface area contributed by atoms with E-state index in [1.165, 1.54) is 10.4 Å². The molecule has 2 rings (SSSR count). The van der Waals surface area contributed by atoms with Gasteiger partial charge in [0.2, 0.25) is 0 Å². The van der Waals surface area contributed by atoms with E-state index < -0.39 is 0 Å². The first-order valence-electron chi connectivity index (χ1n) is 7.20. The molecule has 1 aromatic heterocycles. The SMILES string of the molecule is CC(C)(CN=C(N)NCCc1cccs1)c1ccccc1.I.